The van der Waals surface area contributed by atoms with Crippen LogP contribution in [0.5, 0.6) is 11.5 Å². The molecular weight excluding hydrogens is 318 g/mol. The maximum Gasteiger partial charge on any atom is 0.236 e. The summed E-state index contributed by atoms with van der Waals surface area (Å²) in [5.41, 5.74) is 0.610. The maximum absolute atomic E-state index is 12.3. The van der Waals surface area contributed by atoms with Gasteiger partial charge in [-0.15, -0.1) is 0 Å². The van der Waals surface area contributed by atoms with Gasteiger partial charge in [0.25, 0.3) is 0 Å². The molecule has 1 unspecified atom stereocenters. The normalized spacial score (nSPS) is 17.0. The summed E-state index contributed by atoms with van der Waals surface area (Å²) in [4.78, 5) is 0. The summed E-state index contributed by atoms with van der Waals surface area (Å²) in [7, 11) is -1.70. The van der Waals surface area contributed by atoms with Crippen LogP contribution >= 0.6 is 11.8 Å². The smallest absolute Gasteiger partial charge is 0.236 e. The number of hydrogen-bond acceptors (Lipinski definition) is 4. The van der Waals surface area contributed by atoms with Crippen LogP contribution < -0.4 is 9.04 Å². The van der Waals surface area contributed by atoms with Crippen LogP contribution in [0.4, 0.5) is 5.69 Å². The summed E-state index contributed by atoms with van der Waals surface area (Å²) in [6.45, 7) is 0. The van der Waals surface area contributed by atoms with Crippen LogP contribution in [0.15, 0.2) is 54.6 Å². The fraction of sp³-hybridized carbons (Fsp3) is 0.250. The number of nitrogens with zero attached hydrogens (tertiary/aromatic N) is 1. The third kappa shape index (κ3) is 3.75. The van der Waals surface area contributed by atoms with E-state index in [1.54, 1.807) is 37.0 Å². The molecule has 2 aromatic carbocycles. The van der Waals surface area contributed by atoms with Gasteiger partial charge >= 0.3 is 0 Å². The molecule has 1 heterocycles. The minimum Gasteiger partial charge on any atom is -0.457 e. The summed E-state index contributed by atoms with van der Waals surface area (Å²) >= 11 is 1.68. The maximum atomic E-state index is 12.3. The van der Waals surface area contributed by atoms with Crippen LogP contribution in [0.1, 0.15) is 0 Å². The third-order valence-electron chi connectivity index (χ3n) is 3.38. The van der Waals surface area contributed by atoms with E-state index in [0.29, 0.717) is 11.4 Å². The first-order valence-electron chi connectivity index (χ1n) is 6.96. The van der Waals surface area contributed by atoms with Gasteiger partial charge in [-0.05, 0) is 24.3 Å². The van der Waals surface area contributed by atoms with Crippen LogP contribution in [0.25, 0.3) is 0 Å². The zero-order valence-electron chi connectivity index (χ0n) is 12.2. The Morgan fingerprint density at radius 2 is 1.82 bits per heavy atom. The number of thioether (sulfide) groups is 1. The van der Waals surface area contributed by atoms with Gasteiger partial charge in [-0.2, -0.15) is 11.8 Å². The number of para-hydroxylation sites is 1. The summed E-state index contributed by atoms with van der Waals surface area (Å²) in [6, 6.07) is 16.5. The fourth-order valence-electron chi connectivity index (χ4n) is 2.04. The Bertz CT molecular complexity index is 743. The van der Waals surface area contributed by atoms with E-state index in [1.165, 1.54) is 4.31 Å². The Morgan fingerprint density at radius 3 is 2.50 bits per heavy atom. The minimum absolute atomic E-state index is 0.192. The second-order valence-electron chi connectivity index (χ2n) is 5.11. The van der Waals surface area contributed by atoms with Gasteiger partial charge in [0, 0.05) is 24.1 Å². The molecule has 1 aliphatic heterocycles. The monoisotopic (exact) mass is 335 g/mol. The molecule has 1 atom stereocenters. The van der Waals surface area contributed by atoms with Crippen molar-refractivity contribution in [1.82, 2.24) is 0 Å². The number of hydrogen-bond donors (Lipinski definition) is 0. The Kier molecular flexibility index (Phi) is 4.31. The van der Waals surface area contributed by atoms with Gasteiger partial charge in [0.05, 0.1) is 11.4 Å². The van der Waals surface area contributed by atoms with E-state index < -0.39 is 10.0 Å². The molecule has 22 heavy (non-hydrogen) atoms. The van der Waals surface area contributed by atoms with Crippen molar-refractivity contribution in [2.75, 3.05) is 22.9 Å². The Labute approximate surface area is 135 Å². The molecule has 0 aliphatic carbocycles. The number of ether oxygens (including phenoxy) is 1. The lowest BCUT2D eigenvalue weighted by Gasteiger charge is -2.19. The molecule has 0 bridgehead atoms. The topological polar surface area (TPSA) is 46.6 Å². The van der Waals surface area contributed by atoms with Gasteiger partial charge in [0.15, 0.2) is 0 Å². The van der Waals surface area contributed by atoms with E-state index in [9.17, 15) is 8.42 Å². The summed E-state index contributed by atoms with van der Waals surface area (Å²) < 4.78 is 31.7. The van der Waals surface area contributed by atoms with Crippen molar-refractivity contribution < 1.29 is 13.2 Å². The zero-order valence-corrected chi connectivity index (χ0v) is 13.8. The molecular formula is C16H17NO3S2. The molecule has 6 heteroatoms. The van der Waals surface area contributed by atoms with Gasteiger partial charge in [0.1, 0.15) is 11.5 Å². The first-order chi connectivity index (χ1) is 10.5. The number of rotatable bonds is 6. The van der Waals surface area contributed by atoms with Gasteiger partial charge in [-0.1, -0.05) is 24.3 Å². The summed E-state index contributed by atoms with van der Waals surface area (Å²) in [5, 5.41) is 0.246. The SMILES string of the molecule is CN(c1cccc(Oc2ccccc2)c1)S(=O)(=O)CC1CS1. The van der Waals surface area contributed by atoms with Crippen LogP contribution in [0.2, 0.25) is 0 Å². The highest BCUT2D eigenvalue weighted by Crippen LogP contribution is 2.33. The van der Waals surface area contributed by atoms with E-state index >= 15 is 0 Å². The molecule has 0 aromatic heterocycles. The molecule has 4 nitrogen and oxygen atoms in total. The number of anilines is 1. The van der Waals surface area contributed by atoms with Gasteiger partial charge in [-0.25, -0.2) is 8.42 Å². The molecule has 116 valence electrons. The number of benzene rings is 2. The van der Waals surface area contributed by atoms with Crippen LogP contribution in [0.3, 0.4) is 0 Å². The zero-order chi connectivity index (χ0) is 15.6. The molecule has 3 rings (SSSR count). The lowest BCUT2D eigenvalue weighted by Crippen LogP contribution is -2.30. The molecule has 0 radical (unpaired) electrons. The lowest BCUT2D eigenvalue weighted by molar-refractivity contribution is 0.483. The second kappa shape index (κ2) is 6.22. The van der Waals surface area contributed by atoms with Crippen molar-refractivity contribution in [1.29, 1.82) is 0 Å². The van der Waals surface area contributed by atoms with Crippen molar-refractivity contribution in [2.24, 2.45) is 0 Å². The molecule has 1 fully saturated rings. The van der Waals surface area contributed by atoms with Gasteiger partial charge < -0.3 is 4.74 Å². The molecule has 0 spiro atoms. The average molecular weight is 335 g/mol. The molecule has 0 amide bonds. The van der Waals surface area contributed by atoms with E-state index in [0.717, 1.165) is 11.5 Å². The quantitative estimate of drug-likeness (QED) is 0.760. The van der Waals surface area contributed by atoms with Crippen LogP contribution in [-0.2, 0) is 10.0 Å². The predicted octanol–water partition coefficient (Wildman–Crippen LogP) is 3.36. The highest BCUT2D eigenvalue weighted by atomic mass is 32.2. The van der Waals surface area contributed by atoms with Crippen molar-refractivity contribution in [3.05, 3.63) is 54.6 Å². The van der Waals surface area contributed by atoms with Gasteiger partial charge in [0.2, 0.25) is 10.0 Å². The van der Waals surface area contributed by atoms with Crippen LogP contribution in [-0.4, -0.2) is 32.2 Å². The molecule has 2 aromatic rings. The standard InChI is InChI=1S/C16H17NO3S2/c1-17(22(18,19)12-16-11-21-16)13-6-5-9-15(10-13)20-14-7-3-2-4-8-14/h2-10,16H,11-12H2,1H3. The summed E-state index contributed by atoms with van der Waals surface area (Å²) in [6.07, 6.45) is 0. The second-order valence-corrected chi connectivity index (χ2v) is 8.49. The largest absolute Gasteiger partial charge is 0.457 e. The van der Waals surface area contributed by atoms with Crippen LogP contribution in [0, 0.1) is 0 Å². The Morgan fingerprint density at radius 1 is 1.14 bits per heavy atom. The lowest BCUT2D eigenvalue weighted by atomic mass is 10.3. The Balaban J connectivity index is 1.78. The third-order valence-corrected chi connectivity index (χ3v) is 6.43. The highest BCUT2D eigenvalue weighted by molar-refractivity contribution is 8.08. The average Bonchev–Trinajstić information content (AvgIpc) is 3.31. The number of sulfonamides is 1. The van der Waals surface area contributed by atoms with Crippen molar-refractivity contribution in [3.8, 4) is 11.5 Å². The predicted molar refractivity (Wildman–Crippen MR) is 91.4 cm³/mol. The van der Waals surface area contributed by atoms with E-state index in [1.807, 2.05) is 36.4 Å². The highest BCUT2D eigenvalue weighted by Gasteiger charge is 2.31. The first-order valence-corrected chi connectivity index (χ1v) is 9.61. The van der Waals surface area contributed by atoms with Crippen molar-refractivity contribution >= 4 is 27.5 Å². The van der Waals surface area contributed by atoms with Crippen molar-refractivity contribution in [2.45, 2.75) is 5.25 Å². The molecule has 1 saturated heterocycles. The fourth-order valence-corrected chi connectivity index (χ4v) is 4.59. The molecule has 0 saturated carbocycles. The summed E-state index contributed by atoms with van der Waals surface area (Å²) in [5.74, 6) is 2.47. The van der Waals surface area contributed by atoms with Crippen molar-refractivity contribution in [3.63, 3.8) is 0 Å². The van der Waals surface area contributed by atoms with E-state index in [4.69, 9.17) is 4.74 Å². The van der Waals surface area contributed by atoms with Gasteiger partial charge in [-0.3, -0.25) is 4.31 Å². The minimum atomic E-state index is -3.28. The van der Waals surface area contributed by atoms with E-state index in [2.05, 4.69) is 0 Å². The Hall–Kier alpha value is -1.66. The molecule has 0 N–H and O–H groups in total. The van der Waals surface area contributed by atoms with E-state index in [-0.39, 0.29) is 11.0 Å². The molecule has 1 aliphatic rings. The first kappa shape index (κ1) is 15.2.